The number of benzene rings is 1. The fourth-order valence-electron chi connectivity index (χ4n) is 1.18. The van der Waals surface area contributed by atoms with E-state index in [0.717, 1.165) is 0 Å². The molecule has 0 aliphatic heterocycles. The lowest BCUT2D eigenvalue weighted by atomic mass is 10.0. The van der Waals surface area contributed by atoms with Gasteiger partial charge in [0.05, 0.1) is 11.3 Å². The van der Waals surface area contributed by atoms with E-state index in [0.29, 0.717) is 10.5 Å². The zero-order chi connectivity index (χ0) is 15.7. The van der Waals surface area contributed by atoms with Crippen molar-refractivity contribution in [3.63, 3.8) is 0 Å². The Kier molecular flexibility index (Phi) is 4.64. The molecule has 0 saturated carbocycles. The number of hydrogen-bond donors (Lipinski definition) is 3. The largest absolute Gasteiger partial charge is 0.478 e. The minimum Gasteiger partial charge on any atom is -0.478 e. The first-order valence-corrected chi connectivity index (χ1v) is 6.24. The van der Waals surface area contributed by atoms with Gasteiger partial charge in [0.2, 0.25) is 0 Å². The van der Waals surface area contributed by atoms with Crippen LogP contribution in [0.4, 0.5) is 18.9 Å². The number of aromatic carboxylic acids is 1. The Hall–Kier alpha value is -1.36. The zero-order valence-electron chi connectivity index (χ0n) is 10.1. The highest BCUT2D eigenvalue weighted by atomic mass is 127. The number of carbonyl (C=O) groups is 2. The molecule has 5 nitrogen and oxygen atoms in total. The van der Waals surface area contributed by atoms with Gasteiger partial charge >= 0.3 is 12.1 Å². The molecule has 0 saturated heterocycles. The van der Waals surface area contributed by atoms with Crippen LogP contribution in [-0.2, 0) is 4.79 Å². The number of nitrogens with two attached hydrogens (primary N) is 1. The van der Waals surface area contributed by atoms with Crippen molar-refractivity contribution in [1.82, 2.24) is 0 Å². The van der Waals surface area contributed by atoms with E-state index in [1.54, 1.807) is 0 Å². The van der Waals surface area contributed by atoms with Crippen molar-refractivity contribution >= 4 is 40.2 Å². The number of carboxylic acid groups (broad SMARTS) is 1. The van der Waals surface area contributed by atoms with E-state index in [-0.39, 0.29) is 11.3 Å². The number of rotatable bonds is 3. The van der Waals surface area contributed by atoms with Crippen molar-refractivity contribution in [2.45, 2.75) is 18.6 Å². The van der Waals surface area contributed by atoms with Crippen LogP contribution in [0.1, 0.15) is 17.3 Å². The van der Waals surface area contributed by atoms with Crippen molar-refractivity contribution in [3.05, 3.63) is 27.3 Å². The lowest BCUT2D eigenvalue weighted by Crippen LogP contribution is -2.59. The van der Waals surface area contributed by atoms with Gasteiger partial charge < -0.3 is 16.2 Å². The molecule has 9 heteroatoms. The first-order chi connectivity index (χ1) is 8.96. The lowest BCUT2D eigenvalue weighted by Gasteiger charge is -2.26. The van der Waals surface area contributed by atoms with Gasteiger partial charge in [-0.1, -0.05) is 0 Å². The van der Waals surface area contributed by atoms with E-state index < -0.39 is 23.6 Å². The summed E-state index contributed by atoms with van der Waals surface area (Å²) in [6.07, 6.45) is -4.95. The van der Waals surface area contributed by atoms with Crippen LogP contribution < -0.4 is 11.1 Å². The maximum absolute atomic E-state index is 12.6. The van der Waals surface area contributed by atoms with Crippen molar-refractivity contribution < 1.29 is 27.9 Å². The van der Waals surface area contributed by atoms with Crippen LogP contribution in [0.25, 0.3) is 0 Å². The molecule has 20 heavy (non-hydrogen) atoms. The second-order valence-electron chi connectivity index (χ2n) is 4.15. The first-order valence-electron chi connectivity index (χ1n) is 5.16. The number of anilines is 1. The van der Waals surface area contributed by atoms with Crippen LogP contribution >= 0.6 is 22.6 Å². The average molecular weight is 402 g/mol. The standard InChI is InChI=1S/C11H10F3IN2O3/c1-10(16,11(12,13)14)9(20)17-7-3-2-5(15)4-6(7)8(18)19/h2-4H,16H2,1H3,(H,17,20)(H,18,19). The Morgan fingerprint density at radius 2 is 1.90 bits per heavy atom. The summed E-state index contributed by atoms with van der Waals surface area (Å²) in [4.78, 5) is 22.6. The third kappa shape index (κ3) is 3.39. The number of alkyl halides is 3. The summed E-state index contributed by atoms with van der Waals surface area (Å²) in [5.41, 5.74) is 1.27. The number of hydrogen-bond acceptors (Lipinski definition) is 3. The molecule has 0 radical (unpaired) electrons. The van der Waals surface area contributed by atoms with Gasteiger partial charge in [0.25, 0.3) is 5.91 Å². The topological polar surface area (TPSA) is 92.4 Å². The fourth-order valence-corrected chi connectivity index (χ4v) is 1.67. The molecule has 0 heterocycles. The van der Waals surface area contributed by atoms with Gasteiger partial charge in [-0.15, -0.1) is 0 Å². The Labute approximate surface area is 125 Å². The van der Waals surface area contributed by atoms with Gasteiger partial charge in [0.1, 0.15) is 0 Å². The quantitative estimate of drug-likeness (QED) is 0.677. The highest BCUT2D eigenvalue weighted by Gasteiger charge is 2.54. The summed E-state index contributed by atoms with van der Waals surface area (Å²) in [6.45, 7) is 0.509. The number of carboxylic acids is 1. The molecular formula is C11H10F3IN2O3. The molecule has 0 fully saturated rings. The Morgan fingerprint density at radius 3 is 2.35 bits per heavy atom. The third-order valence-electron chi connectivity index (χ3n) is 2.52. The molecule has 1 rings (SSSR count). The van der Waals surface area contributed by atoms with Gasteiger partial charge in [0, 0.05) is 3.57 Å². The van der Waals surface area contributed by atoms with E-state index in [9.17, 15) is 22.8 Å². The Balaban J connectivity index is 3.12. The van der Waals surface area contributed by atoms with Crippen molar-refractivity contribution in [2.75, 3.05) is 5.32 Å². The number of amides is 1. The van der Waals surface area contributed by atoms with E-state index in [2.05, 4.69) is 0 Å². The molecule has 0 spiro atoms. The first kappa shape index (κ1) is 16.7. The molecule has 0 bridgehead atoms. The minimum absolute atomic E-state index is 0.246. The third-order valence-corrected chi connectivity index (χ3v) is 3.19. The summed E-state index contributed by atoms with van der Waals surface area (Å²) in [6, 6.07) is 3.87. The maximum atomic E-state index is 12.6. The van der Waals surface area contributed by atoms with Gasteiger partial charge in [-0.2, -0.15) is 13.2 Å². The van der Waals surface area contributed by atoms with Crippen LogP contribution in [0.15, 0.2) is 18.2 Å². The summed E-state index contributed by atoms with van der Waals surface area (Å²) >= 11 is 1.84. The van der Waals surface area contributed by atoms with Crippen molar-refractivity contribution in [2.24, 2.45) is 5.73 Å². The predicted molar refractivity (Wildman–Crippen MR) is 73.4 cm³/mol. The van der Waals surface area contributed by atoms with E-state index in [1.165, 1.54) is 18.2 Å². The average Bonchev–Trinajstić information content (AvgIpc) is 2.29. The highest BCUT2D eigenvalue weighted by Crippen LogP contribution is 2.29. The molecule has 0 aliphatic carbocycles. The number of halogens is 4. The molecule has 4 N–H and O–H groups in total. The summed E-state index contributed by atoms with van der Waals surface area (Å²) in [5, 5.41) is 10.9. The molecular weight excluding hydrogens is 392 g/mol. The van der Waals surface area contributed by atoms with E-state index in [1.807, 2.05) is 27.9 Å². The second kappa shape index (κ2) is 5.56. The lowest BCUT2D eigenvalue weighted by molar-refractivity contribution is -0.184. The van der Waals surface area contributed by atoms with Gasteiger partial charge in [-0.25, -0.2) is 4.79 Å². The monoisotopic (exact) mass is 402 g/mol. The molecule has 1 aromatic rings. The molecule has 1 amide bonds. The summed E-state index contributed by atoms with van der Waals surface area (Å²) in [5.74, 6) is -2.90. The van der Waals surface area contributed by atoms with Gasteiger partial charge in [-0.3, -0.25) is 4.79 Å². The smallest absolute Gasteiger partial charge is 0.415 e. The second-order valence-corrected chi connectivity index (χ2v) is 5.39. The normalized spacial score (nSPS) is 14.5. The molecule has 1 unspecified atom stereocenters. The molecule has 110 valence electrons. The van der Waals surface area contributed by atoms with Crippen LogP contribution in [0.2, 0.25) is 0 Å². The number of carbonyl (C=O) groups excluding carboxylic acids is 1. The maximum Gasteiger partial charge on any atom is 0.415 e. The Bertz CT molecular complexity index is 558. The highest BCUT2D eigenvalue weighted by molar-refractivity contribution is 14.1. The van der Waals surface area contributed by atoms with E-state index in [4.69, 9.17) is 10.8 Å². The molecule has 1 atom stereocenters. The fraction of sp³-hybridized carbons (Fsp3) is 0.273. The summed E-state index contributed by atoms with van der Waals surface area (Å²) < 4.78 is 38.4. The van der Waals surface area contributed by atoms with E-state index >= 15 is 0 Å². The van der Waals surface area contributed by atoms with Crippen molar-refractivity contribution in [1.29, 1.82) is 0 Å². The van der Waals surface area contributed by atoms with Gasteiger partial charge in [-0.05, 0) is 47.7 Å². The predicted octanol–water partition coefficient (Wildman–Crippen LogP) is 2.21. The summed E-state index contributed by atoms with van der Waals surface area (Å²) in [7, 11) is 0. The number of nitrogens with one attached hydrogen (secondary N) is 1. The minimum atomic E-state index is -4.95. The van der Waals surface area contributed by atoms with Crippen LogP contribution in [-0.4, -0.2) is 28.7 Å². The van der Waals surface area contributed by atoms with Crippen LogP contribution in [0.3, 0.4) is 0 Å². The van der Waals surface area contributed by atoms with Crippen LogP contribution in [0.5, 0.6) is 0 Å². The molecule has 0 aliphatic rings. The zero-order valence-corrected chi connectivity index (χ0v) is 12.2. The Morgan fingerprint density at radius 1 is 1.35 bits per heavy atom. The van der Waals surface area contributed by atoms with Crippen molar-refractivity contribution in [3.8, 4) is 0 Å². The SMILES string of the molecule is CC(N)(C(=O)Nc1ccc(I)cc1C(=O)O)C(F)(F)F. The van der Waals surface area contributed by atoms with Crippen LogP contribution in [0, 0.1) is 3.57 Å². The van der Waals surface area contributed by atoms with Gasteiger partial charge in [0.15, 0.2) is 5.54 Å². The molecule has 0 aromatic heterocycles. The molecule has 1 aromatic carbocycles.